The van der Waals surface area contributed by atoms with Crippen LogP contribution in [0.2, 0.25) is 5.02 Å². The van der Waals surface area contributed by atoms with Crippen molar-refractivity contribution in [3.05, 3.63) is 34.9 Å². The maximum atomic E-state index is 11.8. The Morgan fingerprint density at radius 3 is 3.14 bits per heavy atom. The van der Waals surface area contributed by atoms with E-state index < -0.39 is 6.04 Å². The van der Waals surface area contributed by atoms with E-state index >= 15 is 0 Å². The van der Waals surface area contributed by atoms with E-state index in [1.54, 1.807) is 24.3 Å². The zero-order valence-corrected chi connectivity index (χ0v) is 12.3. The molecule has 0 aliphatic carbocycles. The Morgan fingerprint density at radius 2 is 2.48 bits per heavy atom. The van der Waals surface area contributed by atoms with Gasteiger partial charge in [0.2, 0.25) is 5.91 Å². The first-order valence-electron chi connectivity index (χ1n) is 6.83. The van der Waals surface area contributed by atoms with Crippen LogP contribution in [0.25, 0.3) is 0 Å². The molecule has 1 heterocycles. The maximum Gasteiger partial charge on any atom is 0.247 e. The van der Waals surface area contributed by atoms with E-state index in [1.165, 1.54) is 0 Å². The van der Waals surface area contributed by atoms with Crippen molar-refractivity contribution in [3.63, 3.8) is 0 Å². The lowest BCUT2D eigenvalue weighted by atomic mass is 10.1. The molecule has 1 saturated heterocycles. The minimum atomic E-state index is -0.734. The second-order valence-corrected chi connectivity index (χ2v) is 5.27. The Balaban J connectivity index is 1.78. The van der Waals surface area contributed by atoms with Crippen LogP contribution >= 0.6 is 11.6 Å². The fourth-order valence-electron chi connectivity index (χ4n) is 2.14. The van der Waals surface area contributed by atoms with Gasteiger partial charge in [0.25, 0.3) is 0 Å². The minimum absolute atomic E-state index is 0.0810. The summed E-state index contributed by atoms with van der Waals surface area (Å²) < 4.78 is 10.7. The summed E-state index contributed by atoms with van der Waals surface area (Å²) in [6.07, 6.45) is 2.08. The first-order chi connectivity index (χ1) is 10.2. The molecule has 2 rings (SSSR count). The molecule has 5 nitrogen and oxygen atoms in total. The minimum Gasteiger partial charge on any atom is -0.376 e. The van der Waals surface area contributed by atoms with Crippen molar-refractivity contribution in [1.29, 1.82) is 5.26 Å². The molecule has 0 saturated carbocycles. The average Bonchev–Trinajstić information content (AvgIpc) is 2.98. The van der Waals surface area contributed by atoms with Gasteiger partial charge in [0, 0.05) is 11.6 Å². The molecule has 0 spiro atoms. The van der Waals surface area contributed by atoms with Crippen molar-refractivity contribution in [1.82, 2.24) is 5.32 Å². The van der Waals surface area contributed by atoms with E-state index in [9.17, 15) is 4.79 Å². The number of carbonyl (C=O) groups excluding carboxylic acids is 1. The molecule has 1 amide bonds. The topological polar surface area (TPSA) is 71.4 Å². The number of hydrogen-bond donors (Lipinski definition) is 1. The van der Waals surface area contributed by atoms with Crippen molar-refractivity contribution in [3.8, 4) is 6.07 Å². The van der Waals surface area contributed by atoms with E-state index in [4.69, 9.17) is 26.3 Å². The van der Waals surface area contributed by atoms with E-state index in [0.29, 0.717) is 17.2 Å². The molecule has 0 bridgehead atoms. The summed E-state index contributed by atoms with van der Waals surface area (Å²) in [5.41, 5.74) is 0.650. The molecular weight excluding hydrogens is 292 g/mol. The second kappa shape index (κ2) is 7.99. The number of rotatable bonds is 6. The molecule has 1 fully saturated rings. The van der Waals surface area contributed by atoms with Crippen LogP contribution in [0.15, 0.2) is 24.3 Å². The van der Waals surface area contributed by atoms with E-state index in [2.05, 4.69) is 5.32 Å². The van der Waals surface area contributed by atoms with Gasteiger partial charge in [-0.25, -0.2) is 0 Å². The molecule has 1 aliphatic heterocycles. The number of halogens is 1. The standard InChI is InChI=1S/C15H17ClN2O3/c16-12-4-1-3-11(7-12)14(8-17)18-15(19)10-20-9-13-5-2-6-21-13/h1,3-4,7,13-14H,2,5-6,9-10H2,(H,18,19). The fourth-order valence-corrected chi connectivity index (χ4v) is 2.34. The molecule has 1 N–H and O–H groups in total. The third-order valence-electron chi connectivity index (χ3n) is 3.18. The number of hydrogen-bond acceptors (Lipinski definition) is 4. The maximum absolute atomic E-state index is 11.8. The highest BCUT2D eigenvalue weighted by atomic mass is 35.5. The van der Waals surface area contributed by atoms with E-state index in [1.807, 2.05) is 6.07 Å². The molecular formula is C15H17ClN2O3. The summed E-state index contributed by atoms with van der Waals surface area (Å²) >= 11 is 5.88. The number of nitriles is 1. The highest BCUT2D eigenvalue weighted by Gasteiger charge is 2.17. The van der Waals surface area contributed by atoms with Gasteiger partial charge in [-0.2, -0.15) is 5.26 Å². The monoisotopic (exact) mass is 308 g/mol. The summed E-state index contributed by atoms with van der Waals surface area (Å²) in [5, 5.41) is 12.3. The number of nitrogens with zero attached hydrogens (tertiary/aromatic N) is 1. The molecule has 1 aliphatic rings. The number of ether oxygens (including phenoxy) is 2. The fraction of sp³-hybridized carbons (Fsp3) is 0.467. The van der Waals surface area contributed by atoms with Crippen LogP contribution in [0.4, 0.5) is 0 Å². The number of carbonyl (C=O) groups is 1. The molecule has 0 radical (unpaired) electrons. The Hall–Kier alpha value is -1.61. The van der Waals surface area contributed by atoms with Crippen LogP contribution in [0.3, 0.4) is 0 Å². The molecule has 1 aromatic carbocycles. The van der Waals surface area contributed by atoms with Crippen LogP contribution < -0.4 is 5.32 Å². The van der Waals surface area contributed by atoms with Crippen LogP contribution in [0, 0.1) is 11.3 Å². The predicted octanol–water partition coefficient (Wildman–Crippen LogP) is 2.22. The van der Waals surface area contributed by atoms with Crippen molar-refractivity contribution in [2.45, 2.75) is 25.0 Å². The lowest BCUT2D eigenvalue weighted by Crippen LogP contribution is -2.32. The van der Waals surface area contributed by atoms with Crippen molar-refractivity contribution in [2.75, 3.05) is 19.8 Å². The van der Waals surface area contributed by atoms with Crippen LogP contribution in [0.1, 0.15) is 24.4 Å². The molecule has 2 unspecified atom stereocenters. The Morgan fingerprint density at radius 1 is 1.62 bits per heavy atom. The molecule has 112 valence electrons. The van der Waals surface area contributed by atoms with Gasteiger partial charge in [-0.05, 0) is 30.5 Å². The first-order valence-corrected chi connectivity index (χ1v) is 7.20. The normalized spacial score (nSPS) is 19.0. The average molecular weight is 309 g/mol. The third-order valence-corrected chi connectivity index (χ3v) is 3.41. The Bertz CT molecular complexity index is 524. The zero-order valence-electron chi connectivity index (χ0n) is 11.5. The van der Waals surface area contributed by atoms with Gasteiger partial charge in [-0.3, -0.25) is 4.79 Å². The van der Waals surface area contributed by atoms with Crippen molar-refractivity contribution in [2.24, 2.45) is 0 Å². The quantitative estimate of drug-likeness (QED) is 0.874. The van der Waals surface area contributed by atoms with Gasteiger partial charge < -0.3 is 14.8 Å². The SMILES string of the molecule is N#CC(NC(=O)COCC1CCCO1)c1cccc(Cl)c1. The Kier molecular flexibility index (Phi) is 6.00. The second-order valence-electron chi connectivity index (χ2n) is 4.83. The Labute approximate surface area is 128 Å². The van der Waals surface area contributed by atoms with Gasteiger partial charge in [-0.15, -0.1) is 0 Å². The van der Waals surface area contributed by atoms with Gasteiger partial charge in [-0.1, -0.05) is 23.7 Å². The van der Waals surface area contributed by atoms with Crippen LogP contribution in [-0.4, -0.2) is 31.8 Å². The lowest BCUT2D eigenvalue weighted by molar-refractivity contribution is -0.127. The number of benzene rings is 1. The zero-order chi connectivity index (χ0) is 15.1. The largest absolute Gasteiger partial charge is 0.376 e. The van der Waals surface area contributed by atoms with Gasteiger partial charge in [0.05, 0.1) is 18.8 Å². The van der Waals surface area contributed by atoms with Crippen LogP contribution in [0.5, 0.6) is 0 Å². The van der Waals surface area contributed by atoms with Gasteiger partial charge in [0.1, 0.15) is 12.6 Å². The third kappa shape index (κ3) is 5.01. The van der Waals surface area contributed by atoms with Crippen molar-refractivity contribution < 1.29 is 14.3 Å². The first kappa shape index (κ1) is 15.8. The van der Waals surface area contributed by atoms with E-state index in [0.717, 1.165) is 19.4 Å². The highest BCUT2D eigenvalue weighted by molar-refractivity contribution is 6.30. The molecule has 6 heteroatoms. The smallest absolute Gasteiger partial charge is 0.247 e. The summed E-state index contributed by atoms with van der Waals surface area (Å²) in [6, 6.07) is 8.15. The highest BCUT2D eigenvalue weighted by Crippen LogP contribution is 2.17. The molecule has 21 heavy (non-hydrogen) atoms. The number of amides is 1. The summed E-state index contributed by atoms with van der Waals surface area (Å²) in [5.74, 6) is -0.334. The van der Waals surface area contributed by atoms with Gasteiger partial charge in [0.15, 0.2) is 0 Å². The summed E-state index contributed by atoms with van der Waals surface area (Å²) in [6.45, 7) is 1.08. The van der Waals surface area contributed by atoms with Gasteiger partial charge >= 0.3 is 0 Å². The number of nitrogens with one attached hydrogen (secondary N) is 1. The van der Waals surface area contributed by atoms with Crippen molar-refractivity contribution >= 4 is 17.5 Å². The van der Waals surface area contributed by atoms with E-state index in [-0.39, 0.29) is 18.6 Å². The van der Waals surface area contributed by atoms with Crippen LogP contribution in [-0.2, 0) is 14.3 Å². The molecule has 0 aromatic heterocycles. The predicted molar refractivity (Wildman–Crippen MR) is 77.7 cm³/mol. The summed E-state index contributed by atoms with van der Waals surface area (Å²) in [7, 11) is 0. The lowest BCUT2D eigenvalue weighted by Gasteiger charge is -2.13. The molecule has 1 aromatic rings. The summed E-state index contributed by atoms with van der Waals surface area (Å²) in [4.78, 5) is 11.8. The molecule has 2 atom stereocenters.